The highest BCUT2D eigenvalue weighted by atomic mass is 32.2. The maximum atomic E-state index is 13.1. The summed E-state index contributed by atoms with van der Waals surface area (Å²) in [5.41, 5.74) is 4.63. The molecule has 0 amide bonds. The number of benzene rings is 4. The molecule has 0 saturated heterocycles. The minimum absolute atomic E-state index is 0.171. The van der Waals surface area contributed by atoms with Crippen LogP contribution < -0.4 is 9.47 Å². The summed E-state index contributed by atoms with van der Waals surface area (Å²) in [6, 6.07) is 36.9. The van der Waals surface area contributed by atoms with E-state index in [0.717, 1.165) is 74.0 Å². The topological polar surface area (TPSA) is 54.0 Å². The molecule has 4 aromatic rings. The van der Waals surface area contributed by atoms with Crippen molar-refractivity contribution in [2.45, 2.75) is 75.8 Å². The van der Waals surface area contributed by atoms with Crippen LogP contribution in [0.15, 0.2) is 109 Å². The zero-order chi connectivity index (χ0) is 28.6. The molecular weight excluding hydrogens is 544 g/mol. The van der Waals surface area contributed by atoms with E-state index in [1.807, 2.05) is 60.7 Å². The molecule has 4 atom stereocenters. The van der Waals surface area contributed by atoms with Gasteiger partial charge in [0.2, 0.25) is 0 Å². The number of ether oxygens (including phenoxy) is 2. The summed E-state index contributed by atoms with van der Waals surface area (Å²) in [7, 11) is 0. The molecule has 42 heavy (non-hydrogen) atoms. The lowest BCUT2D eigenvalue weighted by molar-refractivity contribution is -0.00310. The molecule has 0 heterocycles. The highest BCUT2D eigenvalue weighted by molar-refractivity contribution is 7.75. The normalized spacial score (nSPS) is 23.1. The first-order valence-corrected chi connectivity index (χ1v) is 16.1. The van der Waals surface area contributed by atoms with E-state index in [2.05, 4.69) is 48.5 Å². The van der Waals surface area contributed by atoms with E-state index in [0.29, 0.717) is 0 Å². The van der Waals surface area contributed by atoms with Gasteiger partial charge in [0.15, 0.2) is 0 Å². The van der Waals surface area contributed by atoms with Crippen LogP contribution in [0.4, 0.5) is 0 Å². The summed E-state index contributed by atoms with van der Waals surface area (Å²) >= 11 is -1.89. The van der Waals surface area contributed by atoms with E-state index in [1.165, 1.54) is 11.1 Å². The molecule has 0 aromatic heterocycles. The first-order valence-electron chi connectivity index (χ1n) is 15.1. The van der Waals surface area contributed by atoms with Gasteiger partial charge in [-0.3, -0.25) is 8.37 Å². The lowest BCUT2D eigenvalue weighted by Crippen LogP contribution is -2.40. The van der Waals surface area contributed by atoms with Gasteiger partial charge in [0.05, 0.1) is 0 Å². The van der Waals surface area contributed by atoms with Gasteiger partial charge in [0, 0.05) is 0 Å². The average Bonchev–Trinajstić information content (AvgIpc) is 3.04. The van der Waals surface area contributed by atoms with E-state index in [4.69, 9.17) is 17.8 Å². The van der Waals surface area contributed by atoms with Crippen LogP contribution in [0.1, 0.15) is 51.4 Å². The molecule has 5 nitrogen and oxygen atoms in total. The zero-order valence-corrected chi connectivity index (χ0v) is 24.6. The molecule has 6 rings (SSSR count). The van der Waals surface area contributed by atoms with Gasteiger partial charge in [-0.25, -0.2) is 0 Å². The van der Waals surface area contributed by atoms with Crippen molar-refractivity contribution in [1.82, 2.24) is 0 Å². The van der Waals surface area contributed by atoms with Gasteiger partial charge in [-0.05, 0) is 85.0 Å². The standard InChI is InChI=1S/C36H38O5S/c37-42(40-35-17-9-7-15-33(35)38-31-23-19-29(20-24-31)27-11-3-1-4-12-27)41-36-18-10-8-16-34(36)39-32-25-21-30(22-26-32)28-13-5-2-6-14-28/h1-6,11-14,19-26,33-36H,7-10,15-18H2. The van der Waals surface area contributed by atoms with Crippen LogP contribution in [0.3, 0.4) is 0 Å². The third-order valence-corrected chi connectivity index (χ3v) is 8.99. The first-order chi connectivity index (χ1) is 20.7. The Morgan fingerprint density at radius 3 is 1.14 bits per heavy atom. The maximum Gasteiger partial charge on any atom is 0.305 e. The van der Waals surface area contributed by atoms with Crippen molar-refractivity contribution in [3.63, 3.8) is 0 Å². The van der Waals surface area contributed by atoms with Crippen molar-refractivity contribution >= 4 is 11.4 Å². The van der Waals surface area contributed by atoms with Crippen molar-refractivity contribution in [2.24, 2.45) is 0 Å². The number of hydrogen-bond acceptors (Lipinski definition) is 5. The highest BCUT2D eigenvalue weighted by Crippen LogP contribution is 2.31. The minimum Gasteiger partial charge on any atom is -0.488 e. The molecular formula is C36H38O5S. The van der Waals surface area contributed by atoms with Gasteiger partial charge in [0.25, 0.3) is 0 Å². The quantitative estimate of drug-likeness (QED) is 0.187. The molecule has 218 valence electrons. The lowest BCUT2D eigenvalue weighted by atomic mass is 9.95. The first kappa shape index (κ1) is 28.7. The van der Waals surface area contributed by atoms with E-state index in [1.54, 1.807) is 0 Å². The third kappa shape index (κ3) is 7.49. The van der Waals surface area contributed by atoms with Crippen LogP contribution in [0, 0.1) is 0 Å². The number of hydrogen-bond donors (Lipinski definition) is 0. The Balaban J connectivity index is 1.04. The van der Waals surface area contributed by atoms with Crippen LogP contribution in [-0.4, -0.2) is 28.6 Å². The molecule has 4 unspecified atom stereocenters. The van der Waals surface area contributed by atoms with E-state index in [9.17, 15) is 4.21 Å². The fraction of sp³-hybridized carbons (Fsp3) is 0.333. The summed E-state index contributed by atoms with van der Waals surface area (Å²) in [6.45, 7) is 0. The Morgan fingerprint density at radius 2 is 0.762 bits per heavy atom. The SMILES string of the molecule is O=S(OC1CCCCC1Oc1ccc(-c2ccccc2)cc1)OC1CCCCC1Oc1ccc(-c2ccccc2)cc1. The van der Waals surface area contributed by atoms with Crippen molar-refractivity contribution in [2.75, 3.05) is 0 Å². The summed E-state index contributed by atoms with van der Waals surface area (Å²) in [5, 5.41) is 0. The molecule has 0 spiro atoms. The summed E-state index contributed by atoms with van der Waals surface area (Å²) in [4.78, 5) is 0. The van der Waals surface area contributed by atoms with Crippen LogP contribution in [-0.2, 0) is 19.7 Å². The van der Waals surface area contributed by atoms with E-state index >= 15 is 0 Å². The smallest absolute Gasteiger partial charge is 0.305 e. The monoisotopic (exact) mass is 582 g/mol. The van der Waals surface area contributed by atoms with Crippen LogP contribution in [0.2, 0.25) is 0 Å². The Bertz CT molecular complexity index is 1300. The fourth-order valence-electron chi connectivity index (χ4n) is 5.90. The van der Waals surface area contributed by atoms with E-state index in [-0.39, 0.29) is 24.4 Å². The highest BCUT2D eigenvalue weighted by Gasteiger charge is 2.34. The fourth-order valence-corrected chi connectivity index (χ4v) is 6.79. The lowest BCUT2D eigenvalue weighted by Gasteiger charge is -2.33. The second-order valence-electron chi connectivity index (χ2n) is 11.1. The predicted octanol–water partition coefficient (Wildman–Crippen LogP) is 8.71. The number of rotatable bonds is 10. The van der Waals surface area contributed by atoms with Crippen molar-refractivity contribution in [1.29, 1.82) is 0 Å². The predicted molar refractivity (Wildman–Crippen MR) is 167 cm³/mol. The molecule has 2 saturated carbocycles. The van der Waals surface area contributed by atoms with Gasteiger partial charge in [-0.1, -0.05) is 97.8 Å². The molecule has 0 radical (unpaired) electrons. The molecule has 0 N–H and O–H groups in total. The molecule has 0 aliphatic heterocycles. The van der Waals surface area contributed by atoms with Crippen LogP contribution in [0.25, 0.3) is 22.3 Å². The van der Waals surface area contributed by atoms with Crippen LogP contribution >= 0.6 is 0 Å². The van der Waals surface area contributed by atoms with Crippen molar-refractivity contribution in [3.8, 4) is 33.8 Å². The molecule has 4 aromatic carbocycles. The summed E-state index contributed by atoms with van der Waals surface area (Å²) < 4.78 is 37.8. The Labute approximate surface area is 251 Å². The summed E-state index contributed by atoms with van der Waals surface area (Å²) in [6.07, 6.45) is 6.53. The van der Waals surface area contributed by atoms with Gasteiger partial charge in [-0.2, -0.15) is 4.21 Å². The second-order valence-corrected chi connectivity index (χ2v) is 11.9. The minimum atomic E-state index is -1.89. The van der Waals surface area contributed by atoms with Gasteiger partial charge in [-0.15, -0.1) is 0 Å². The van der Waals surface area contributed by atoms with Gasteiger partial charge >= 0.3 is 11.4 Å². The van der Waals surface area contributed by atoms with E-state index < -0.39 is 11.4 Å². The van der Waals surface area contributed by atoms with Crippen molar-refractivity contribution in [3.05, 3.63) is 109 Å². The Hall–Kier alpha value is -3.45. The van der Waals surface area contributed by atoms with Gasteiger partial charge in [0.1, 0.15) is 35.9 Å². The molecule has 0 bridgehead atoms. The maximum absolute atomic E-state index is 13.1. The molecule has 6 heteroatoms. The summed E-state index contributed by atoms with van der Waals surface area (Å²) in [5.74, 6) is 1.59. The van der Waals surface area contributed by atoms with Gasteiger partial charge < -0.3 is 9.47 Å². The van der Waals surface area contributed by atoms with Crippen molar-refractivity contribution < 1.29 is 22.0 Å². The average molecular weight is 583 g/mol. The molecule has 2 aliphatic carbocycles. The van der Waals surface area contributed by atoms with Crippen LogP contribution in [0.5, 0.6) is 11.5 Å². The zero-order valence-electron chi connectivity index (χ0n) is 23.8. The largest absolute Gasteiger partial charge is 0.488 e. The second kappa shape index (κ2) is 14.1. The Morgan fingerprint density at radius 1 is 0.429 bits per heavy atom. The third-order valence-electron chi connectivity index (χ3n) is 8.19. The Kier molecular flexibility index (Phi) is 9.65. The molecule has 2 fully saturated rings. The molecule has 2 aliphatic rings.